The van der Waals surface area contributed by atoms with Crippen LogP contribution in [-0.4, -0.2) is 44.8 Å². The summed E-state index contributed by atoms with van der Waals surface area (Å²) in [4.78, 5) is 18.6. The van der Waals surface area contributed by atoms with Crippen molar-refractivity contribution in [2.24, 2.45) is 11.8 Å². The third kappa shape index (κ3) is 3.85. The van der Waals surface area contributed by atoms with Crippen molar-refractivity contribution in [2.75, 3.05) is 13.1 Å². The van der Waals surface area contributed by atoms with Gasteiger partial charge in [-0.1, -0.05) is 26.7 Å². The minimum absolute atomic E-state index is 0.125. The van der Waals surface area contributed by atoms with Gasteiger partial charge in [0.25, 0.3) is 0 Å². The lowest BCUT2D eigenvalue weighted by molar-refractivity contribution is 0.148. The fourth-order valence-corrected chi connectivity index (χ4v) is 4.13. The van der Waals surface area contributed by atoms with Gasteiger partial charge < -0.3 is 10.2 Å². The van der Waals surface area contributed by atoms with Gasteiger partial charge in [-0.25, -0.2) is 14.5 Å². The average molecular weight is 319 g/mol. The van der Waals surface area contributed by atoms with Gasteiger partial charge in [-0.15, -0.1) is 0 Å². The van der Waals surface area contributed by atoms with Gasteiger partial charge in [0.2, 0.25) is 0 Å². The number of amides is 2. The molecular weight excluding hydrogens is 290 g/mol. The number of nitrogens with one attached hydrogen (secondary N) is 1. The summed E-state index contributed by atoms with van der Waals surface area (Å²) in [5.41, 5.74) is 0. The normalized spacial score (nSPS) is 26.5. The summed E-state index contributed by atoms with van der Waals surface area (Å²) < 4.78 is 1.92. The second-order valence-corrected chi connectivity index (χ2v) is 7.34. The fourth-order valence-electron chi connectivity index (χ4n) is 4.13. The zero-order chi connectivity index (χ0) is 16.2. The lowest BCUT2D eigenvalue weighted by Crippen LogP contribution is -2.51. The molecule has 0 aromatic carbocycles. The molecule has 0 radical (unpaired) electrons. The Bertz CT molecular complexity index is 493. The van der Waals surface area contributed by atoms with Crippen LogP contribution in [-0.2, 0) is 0 Å². The molecule has 0 bridgehead atoms. The summed E-state index contributed by atoms with van der Waals surface area (Å²) in [6.07, 6.45) is 10.2. The van der Waals surface area contributed by atoms with Crippen molar-refractivity contribution in [3.8, 4) is 0 Å². The highest BCUT2D eigenvalue weighted by molar-refractivity contribution is 5.74. The Morgan fingerprint density at radius 2 is 1.91 bits per heavy atom. The SMILES string of the molecule is CC(C)C1CCCCC1NC(=O)N1CCC(n2cncn2)CC1. The zero-order valence-corrected chi connectivity index (χ0v) is 14.3. The van der Waals surface area contributed by atoms with Gasteiger partial charge in [-0.3, -0.25) is 0 Å². The Morgan fingerprint density at radius 3 is 2.57 bits per heavy atom. The summed E-state index contributed by atoms with van der Waals surface area (Å²) in [5, 5.41) is 7.54. The number of hydrogen-bond acceptors (Lipinski definition) is 3. The van der Waals surface area contributed by atoms with Crippen LogP contribution in [0.2, 0.25) is 0 Å². The molecule has 1 aromatic rings. The van der Waals surface area contributed by atoms with E-state index >= 15 is 0 Å². The summed E-state index contributed by atoms with van der Waals surface area (Å²) in [6, 6.07) is 0.850. The van der Waals surface area contributed by atoms with E-state index in [1.165, 1.54) is 19.3 Å². The molecule has 2 fully saturated rings. The van der Waals surface area contributed by atoms with Crippen LogP contribution < -0.4 is 5.32 Å². The van der Waals surface area contributed by atoms with Crippen molar-refractivity contribution >= 4 is 6.03 Å². The molecule has 6 nitrogen and oxygen atoms in total. The molecule has 3 rings (SSSR count). The highest BCUT2D eigenvalue weighted by atomic mass is 16.2. The molecule has 128 valence electrons. The Hall–Kier alpha value is -1.59. The first-order valence-corrected chi connectivity index (χ1v) is 9.04. The lowest BCUT2D eigenvalue weighted by atomic mass is 9.78. The zero-order valence-electron chi connectivity index (χ0n) is 14.3. The van der Waals surface area contributed by atoms with E-state index < -0.39 is 0 Å². The lowest BCUT2D eigenvalue weighted by Gasteiger charge is -2.38. The molecule has 0 spiro atoms. The van der Waals surface area contributed by atoms with E-state index in [0.717, 1.165) is 32.4 Å². The third-order valence-corrected chi connectivity index (χ3v) is 5.55. The standard InChI is InChI=1S/C17H29N5O/c1-13(2)15-5-3-4-6-16(15)20-17(23)21-9-7-14(8-10-21)22-12-18-11-19-22/h11-16H,3-10H2,1-2H3,(H,20,23). The Labute approximate surface area is 138 Å². The molecule has 2 aliphatic rings. The predicted molar refractivity (Wildman–Crippen MR) is 89.0 cm³/mol. The first-order chi connectivity index (χ1) is 11.1. The molecule has 1 aliphatic heterocycles. The Morgan fingerprint density at radius 1 is 1.17 bits per heavy atom. The number of nitrogens with zero attached hydrogens (tertiary/aromatic N) is 4. The van der Waals surface area contributed by atoms with Crippen molar-refractivity contribution in [1.29, 1.82) is 0 Å². The van der Waals surface area contributed by atoms with Gasteiger partial charge in [0, 0.05) is 19.1 Å². The molecule has 2 atom stereocenters. The number of urea groups is 1. The van der Waals surface area contributed by atoms with Crippen molar-refractivity contribution in [3.63, 3.8) is 0 Å². The monoisotopic (exact) mass is 319 g/mol. The summed E-state index contributed by atoms with van der Waals surface area (Å²) in [7, 11) is 0. The quantitative estimate of drug-likeness (QED) is 0.932. The van der Waals surface area contributed by atoms with Gasteiger partial charge in [0.1, 0.15) is 12.7 Å². The minimum Gasteiger partial charge on any atom is -0.335 e. The summed E-state index contributed by atoms with van der Waals surface area (Å²) in [6.45, 7) is 6.16. The number of piperidine rings is 1. The molecule has 1 saturated carbocycles. The molecule has 6 heteroatoms. The molecule has 2 amide bonds. The predicted octanol–water partition coefficient (Wildman–Crippen LogP) is 2.84. The molecule has 2 unspecified atom stereocenters. The van der Waals surface area contributed by atoms with E-state index in [0.29, 0.717) is 23.9 Å². The molecule has 1 aliphatic carbocycles. The number of carbonyl (C=O) groups excluding carboxylic acids is 1. The van der Waals surface area contributed by atoms with E-state index in [-0.39, 0.29) is 6.03 Å². The van der Waals surface area contributed by atoms with Crippen molar-refractivity contribution in [1.82, 2.24) is 25.0 Å². The maximum absolute atomic E-state index is 12.6. The van der Waals surface area contributed by atoms with Crippen LogP contribution >= 0.6 is 0 Å². The van der Waals surface area contributed by atoms with E-state index in [9.17, 15) is 4.79 Å². The second kappa shape index (κ2) is 7.32. The van der Waals surface area contributed by atoms with Gasteiger partial charge in [0.05, 0.1) is 6.04 Å². The van der Waals surface area contributed by atoms with Crippen LogP contribution in [0.3, 0.4) is 0 Å². The van der Waals surface area contributed by atoms with E-state index in [2.05, 4.69) is 29.2 Å². The third-order valence-electron chi connectivity index (χ3n) is 5.55. The maximum atomic E-state index is 12.6. The average Bonchev–Trinajstić information content (AvgIpc) is 3.10. The van der Waals surface area contributed by atoms with Crippen LogP contribution in [0.5, 0.6) is 0 Å². The van der Waals surface area contributed by atoms with Crippen molar-refractivity contribution in [2.45, 2.75) is 64.5 Å². The first-order valence-electron chi connectivity index (χ1n) is 9.04. The van der Waals surface area contributed by atoms with Crippen LogP contribution in [0.15, 0.2) is 12.7 Å². The molecular formula is C17H29N5O. The maximum Gasteiger partial charge on any atom is 0.317 e. The van der Waals surface area contributed by atoms with Crippen molar-refractivity contribution < 1.29 is 4.79 Å². The van der Waals surface area contributed by atoms with E-state index in [4.69, 9.17) is 0 Å². The Kier molecular flexibility index (Phi) is 5.18. The largest absolute Gasteiger partial charge is 0.335 e. The van der Waals surface area contributed by atoms with Gasteiger partial charge >= 0.3 is 6.03 Å². The second-order valence-electron chi connectivity index (χ2n) is 7.34. The number of likely N-dealkylation sites (tertiary alicyclic amines) is 1. The van der Waals surface area contributed by atoms with Crippen LogP contribution in [0.25, 0.3) is 0 Å². The molecule has 2 heterocycles. The highest BCUT2D eigenvalue weighted by Gasteiger charge is 2.31. The van der Waals surface area contributed by atoms with Gasteiger partial charge in [-0.2, -0.15) is 5.10 Å². The van der Waals surface area contributed by atoms with Crippen LogP contribution in [0.1, 0.15) is 58.4 Å². The van der Waals surface area contributed by atoms with E-state index in [1.807, 2.05) is 9.58 Å². The number of aromatic nitrogens is 3. The van der Waals surface area contributed by atoms with Crippen molar-refractivity contribution in [3.05, 3.63) is 12.7 Å². The van der Waals surface area contributed by atoms with Crippen LogP contribution in [0, 0.1) is 11.8 Å². The van der Waals surface area contributed by atoms with Gasteiger partial charge in [-0.05, 0) is 37.5 Å². The Balaban J connectivity index is 1.51. The number of rotatable bonds is 3. The molecule has 23 heavy (non-hydrogen) atoms. The minimum atomic E-state index is 0.125. The smallest absolute Gasteiger partial charge is 0.317 e. The number of carbonyl (C=O) groups is 1. The number of hydrogen-bond donors (Lipinski definition) is 1. The molecule has 1 N–H and O–H groups in total. The van der Waals surface area contributed by atoms with E-state index in [1.54, 1.807) is 12.7 Å². The van der Waals surface area contributed by atoms with Gasteiger partial charge in [0.15, 0.2) is 0 Å². The molecule has 1 saturated heterocycles. The first kappa shape index (κ1) is 16.3. The fraction of sp³-hybridized carbons (Fsp3) is 0.824. The summed E-state index contributed by atoms with van der Waals surface area (Å²) in [5.74, 6) is 1.26. The molecule has 1 aromatic heterocycles. The summed E-state index contributed by atoms with van der Waals surface area (Å²) >= 11 is 0. The van der Waals surface area contributed by atoms with Crippen LogP contribution in [0.4, 0.5) is 4.79 Å². The topological polar surface area (TPSA) is 63.1 Å². The highest BCUT2D eigenvalue weighted by Crippen LogP contribution is 2.30.